The number of hydrogen-bond donors (Lipinski definition) is 1. The Kier molecular flexibility index (Phi) is 4.55. The maximum atomic E-state index is 5.72. The molecule has 2 aromatic rings. The average molecular weight is 285 g/mol. The van der Waals surface area contributed by atoms with E-state index in [0.29, 0.717) is 5.92 Å². The molecule has 1 aliphatic rings. The Labute approximate surface area is 126 Å². The Balaban J connectivity index is 1.65. The number of hydrogen-bond acceptors (Lipinski definition) is 3. The van der Waals surface area contributed by atoms with Gasteiger partial charge in [0.2, 0.25) is 0 Å². The van der Waals surface area contributed by atoms with E-state index in [-0.39, 0.29) is 0 Å². The zero-order valence-corrected chi connectivity index (χ0v) is 12.6. The molecule has 0 amide bonds. The Morgan fingerprint density at radius 1 is 1.38 bits per heavy atom. The molecular weight excluding hydrogens is 262 g/mol. The molecule has 4 nitrogen and oxygen atoms in total. The Morgan fingerprint density at radius 2 is 2.29 bits per heavy atom. The third kappa shape index (κ3) is 3.45. The molecule has 0 radical (unpaired) electrons. The van der Waals surface area contributed by atoms with E-state index in [2.05, 4.69) is 46.4 Å². The number of para-hydroxylation sites is 1. The first-order chi connectivity index (χ1) is 10.4. The summed E-state index contributed by atoms with van der Waals surface area (Å²) < 4.78 is 7.79. The molecule has 4 heteroatoms. The Hall–Kier alpha value is -1.81. The molecule has 1 aromatic heterocycles. The van der Waals surface area contributed by atoms with E-state index in [0.717, 1.165) is 44.8 Å². The summed E-state index contributed by atoms with van der Waals surface area (Å²) in [5, 5.41) is 7.91. The molecule has 1 N–H and O–H groups in total. The van der Waals surface area contributed by atoms with Crippen LogP contribution in [0.4, 0.5) is 0 Å². The van der Waals surface area contributed by atoms with E-state index < -0.39 is 0 Å². The van der Waals surface area contributed by atoms with E-state index in [1.807, 2.05) is 12.3 Å². The number of fused-ring (bicyclic) bond motifs is 1. The van der Waals surface area contributed by atoms with Crippen molar-refractivity contribution in [3.63, 3.8) is 0 Å². The van der Waals surface area contributed by atoms with Gasteiger partial charge in [-0.2, -0.15) is 5.10 Å². The van der Waals surface area contributed by atoms with Crippen molar-refractivity contribution in [2.24, 2.45) is 0 Å². The molecule has 1 atom stereocenters. The van der Waals surface area contributed by atoms with Crippen LogP contribution in [0.5, 0.6) is 5.75 Å². The normalized spacial score (nSPS) is 17.3. The van der Waals surface area contributed by atoms with Gasteiger partial charge in [0.25, 0.3) is 0 Å². The van der Waals surface area contributed by atoms with E-state index in [1.54, 1.807) is 0 Å². The third-order valence-corrected chi connectivity index (χ3v) is 3.93. The summed E-state index contributed by atoms with van der Waals surface area (Å²) in [5.41, 5.74) is 2.56. The lowest BCUT2D eigenvalue weighted by molar-refractivity contribution is 0.256. The second kappa shape index (κ2) is 6.76. The Bertz CT molecular complexity index is 579. The van der Waals surface area contributed by atoms with Crippen LogP contribution in [-0.4, -0.2) is 22.9 Å². The fourth-order valence-electron chi connectivity index (χ4n) is 2.84. The van der Waals surface area contributed by atoms with Gasteiger partial charge in [0.15, 0.2) is 0 Å². The molecule has 1 unspecified atom stereocenters. The zero-order valence-electron chi connectivity index (χ0n) is 12.6. The summed E-state index contributed by atoms with van der Waals surface area (Å²) in [4.78, 5) is 0. The van der Waals surface area contributed by atoms with Crippen molar-refractivity contribution in [3.8, 4) is 5.75 Å². The standard InChI is InChI=1S/C17H23N3O/c1-2-8-18-10-14-11-19-20(12-14)13-15-7-9-21-17-6-4-3-5-16(15)17/h3-6,11-12,15,18H,2,7-10,13H2,1H3. The van der Waals surface area contributed by atoms with Gasteiger partial charge in [-0.25, -0.2) is 0 Å². The monoisotopic (exact) mass is 285 g/mol. The fourth-order valence-corrected chi connectivity index (χ4v) is 2.84. The second-order valence-corrected chi connectivity index (χ2v) is 5.62. The highest BCUT2D eigenvalue weighted by Crippen LogP contribution is 2.34. The quantitative estimate of drug-likeness (QED) is 0.829. The summed E-state index contributed by atoms with van der Waals surface area (Å²) in [6.45, 7) is 5.86. The van der Waals surface area contributed by atoms with Crippen LogP contribution in [0.1, 0.15) is 36.8 Å². The molecule has 1 aromatic carbocycles. The summed E-state index contributed by atoms with van der Waals surface area (Å²) in [7, 11) is 0. The van der Waals surface area contributed by atoms with Crippen molar-refractivity contribution in [1.29, 1.82) is 0 Å². The van der Waals surface area contributed by atoms with Crippen LogP contribution < -0.4 is 10.1 Å². The van der Waals surface area contributed by atoms with Crippen molar-refractivity contribution in [2.75, 3.05) is 13.2 Å². The number of aromatic nitrogens is 2. The topological polar surface area (TPSA) is 39.1 Å². The lowest BCUT2D eigenvalue weighted by atomic mass is 9.93. The number of nitrogens with one attached hydrogen (secondary N) is 1. The maximum absolute atomic E-state index is 5.72. The molecule has 1 aliphatic heterocycles. The highest BCUT2D eigenvalue weighted by Gasteiger charge is 2.21. The number of nitrogens with zero attached hydrogens (tertiary/aromatic N) is 2. The van der Waals surface area contributed by atoms with Crippen molar-refractivity contribution < 1.29 is 4.74 Å². The van der Waals surface area contributed by atoms with Crippen LogP contribution in [-0.2, 0) is 13.1 Å². The fraction of sp³-hybridized carbons (Fsp3) is 0.471. The molecule has 3 rings (SSSR count). The van der Waals surface area contributed by atoms with Gasteiger partial charge in [-0.3, -0.25) is 4.68 Å². The molecule has 2 heterocycles. The SMILES string of the molecule is CCCNCc1cnn(CC2CCOc3ccccc32)c1. The van der Waals surface area contributed by atoms with E-state index >= 15 is 0 Å². The largest absolute Gasteiger partial charge is 0.493 e. The first-order valence-corrected chi connectivity index (χ1v) is 7.80. The molecule has 0 fully saturated rings. The molecule has 0 bridgehead atoms. The molecule has 21 heavy (non-hydrogen) atoms. The van der Waals surface area contributed by atoms with Gasteiger partial charge in [0.1, 0.15) is 5.75 Å². The van der Waals surface area contributed by atoms with Gasteiger partial charge in [-0.1, -0.05) is 25.1 Å². The summed E-state index contributed by atoms with van der Waals surface area (Å²) >= 11 is 0. The van der Waals surface area contributed by atoms with Crippen LogP contribution >= 0.6 is 0 Å². The molecule has 0 saturated heterocycles. The first kappa shape index (κ1) is 14.1. The van der Waals surface area contributed by atoms with Crippen LogP contribution in [0.2, 0.25) is 0 Å². The van der Waals surface area contributed by atoms with Gasteiger partial charge in [-0.05, 0) is 31.0 Å². The minimum atomic E-state index is 0.492. The lowest BCUT2D eigenvalue weighted by Gasteiger charge is -2.25. The maximum Gasteiger partial charge on any atom is 0.122 e. The number of ether oxygens (including phenoxy) is 1. The van der Waals surface area contributed by atoms with Crippen LogP contribution in [0.25, 0.3) is 0 Å². The predicted octanol–water partition coefficient (Wildman–Crippen LogP) is 2.95. The van der Waals surface area contributed by atoms with E-state index in [4.69, 9.17) is 4.74 Å². The lowest BCUT2D eigenvalue weighted by Crippen LogP contribution is -2.18. The molecule has 112 valence electrons. The van der Waals surface area contributed by atoms with Crippen LogP contribution in [0.3, 0.4) is 0 Å². The van der Waals surface area contributed by atoms with E-state index in [9.17, 15) is 0 Å². The number of rotatable bonds is 6. The van der Waals surface area contributed by atoms with Crippen molar-refractivity contribution in [3.05, 3.63) is 47.8 Å². The smallest absolute Gasteiger partial charge is 0.122 e. The average Bonchev–Trinajstić information content (AvgIpc) is 2.96. The van der Waals surface area contributed by atoms with Gasteiger partial charge < -0.3 is 10.1 Å². The summed E-state index contributed by atoms with van der Waals surface area (Å²) in [5.74, 6) is 1.53. The molecule has 0 aliphatic carbocycles. The summed E-state index contributed by atoms with van der Waals surface area (Å²) in [6, 6.07) is 8.35. The summed E-state index contributed by atoms with van der Waals surface area (Å²) in [6.07, 6.45) is 6.34. The van der Waals surface area contributed by atoms with Crippen molar-refractivity contribution >= 4 is 0 Å². The molecular formula is C17H23N3O. The second-order valence-electron chi connectivity index (χ2n) is 5.62. The zero-order chi connectivity index (χ0) is 14.5. The molecule has 0 saturated carbocycles. The Morgan fingerprint density at radius 3 is 3.19 bits per heavy atom. The molecule has 0 spiro atoms. The third-order valence-electron chi connectivity index (χ3n) is 3.93. The minimum Gasteiger partial charge on any atom is -0.493 e. The van der Waals surface area contributed by atoms with Crippen molar-refractivity contribution in [1.82, 2.24) is 15.1 Å². The highest BCUT2D eigenvalue weighted by molar-refractivity contribution is 5.37. The number of benzene rings is 1. The van der Waals surface area contributed by atoms with Gasteiger partial charge in [-0.15, -0.1) is 0 Å². The van der Waals surface area contributed by atoms with Crippen LogP contribution in [0.15, 0.2) is 36.7 Å². The van der Waals surface area contributed by atoms with Crippen LogP contribution in [0, 0.1) is 0 Å². The van der Waals surface area contributed by atoms with E-state index in [1.165, 1.54) is 11.1 Å². The van der Waals surface area contributed by atoms with Gasteiger partial charge in [0, 0.05) is 30.8 Å². The van der Waals surface area contributed by atoms with Gasteiger partial charge >= 0.3 is 0 Å². The highest BCUT2D eigenvalue weighted by atomic mass is 16.5. The predicted molar refractivity (Wildman–Crippen MR) is 83.5 cm³/mol. The van der Waals surface area contributed by atoms with Gasteiger partial charge in [0.05, 0.1) is 12.8 Å². The first-order valence-electron chi connectivity index (χ1n) is 7.80. The minimum absolute atomic E-state index is 0.492. The van der Waals surface area contributed by atoms with Crippen molar-refractivity contribution in [2.45, 2.75) is 38.8 Å².